The molecule has 0 bridgehead atoms. The summed E-state index contributed by atoms with van der Waals surface area (Å²) in [4.78, 5) is 4.91. The molecule has 32 heavy (non-hydrogen) atoms. The van der Waals surface area contributed by atoms with Crippen molar-refractivity contribution in [2.24, 2.45) is 0 Å². The van der Waals surface area contributed by atoms with Gasteiger partial charge in [-0.2, -0.15) is 5.10 Å². The summed E-state index contributed by atoms with van der Waals surface area (Å²) >= 11 is 0. The van der Waals surface area contributed by atoms with Crippen LogP contribution in [0.1, 0.15) is 28.4 Å². The Balaban J connectivity index is 1.64. The molecule has 0 fully saturated rings. The second kappa shape index (κ2) is 6.99. The number of aryl methyl sites for hydroxylation is 2. The van der Waals surface area contributed by atoms with E-state index in [0.29, 0.717) is 0 Å². The molecule has 6 nitrogen and oxygen atoms in total. The third-order valence-electron chi connectivity index (χ3n) is 6.24. The van der Waals surface area contributed by atoms with Crippen LogP contribution in [0.3, 0.4) is 0 Å². The lowest BCUT2D eigenvalue weighted by Gasteiger charge is -2.28. The summed E-state index contributed by atoms with van der Waals surface area (Å²) in [6.45, 7) is 4.19. The maximum absolute atomic E-state index is 5.40. The largest absolute Gasteiger partial charge is 0.497 e. The van der Waals surface area contributed by atoms with Crippen LogP contribution >= 0.6 is 0 Å². The standard InChI is InChI=1S/C26H23N5O/c1-16-8-4-6-10-21(16)31-25-23(17(2)29-31)24(18-12-14-19(32-3)15-13-18)30-22-11-7-5-9-20(22)27-26(30)28-25/h4-15,24H,1-3H3,(H,27,28). The van der Waals surface area contributed by atoms with E-state index in [1.54, 1.807) is 7.11 Å². The highest BCUT2D eigenvalue weighted by molar-refractivity contribution is 5.82. The molecule has 158 valence electrons. The summed E-state index contributed by atoms with van der Waals surface area (Å²) in [7, 11) is 1.69. The molecule has 6 rings (SSSR count). The fourth-order valence-electron chi connectivity index (χ4n) is 4.69. The first kappa shape index (κ1) is 18.7. The number of methoxy groups -OCH3 is 1. The molecule has 0 spiro atoms. The second-order valence-electron chi connectivity index (χ2n) is 8.14. The van der Waals surface area contributed by atoms with Crippen LogP contribution in [0.2, 0.25) is 0 Å². The summed E-state index contributed by atoms with van der Waals surface area (Å²) in [6, 6.07) is 24.8. The normalized spacial score (nSPS) is 14.7. The van der Waals surface area contributed by atoms with Gasteiger partial charge in [-0.25, -0.2) is 9.67 Å². The predicted octanol–water partition coefficient (Wildman–Crippen LogP) is 5.54. The summed E-state index contributed by atoms with van der Waals surface area (Å²) in [6.07, 6.45) is 0. The number of ether oxygens (including phenoxy) is 1. The van der Waals surface area contributed by atoms with E-state index in [1.165, 1.54) is 5.56 Å². The molecule has 0 saturated heterocycles. The number of aromatic nitrogens is 4. The van der Waals surface area contributed by atoms with Crippen molar-refractivity contribution in [3.63, 3.8) is 0 Å². The Hall–Kier alpha value is -4.06. The molecular formula is C26H23N5O. The number of benzene rings is 3. The van der Waals surface area contributed by atoms with Crippen LogP contribution in [0, 0.1) is 13.8 Å². The highest BCUT2D eigenvalue weighted by Gasteiger charge is 2.34. The Morgan fingerprint density at radius 1 is 0.906 bits per heavy atom. The zero-order valence-electron chi connectivity index (χ0n) is 18.2. The van der Waals surface area contributed by atoms with Gasteiger partial charge in [0.2, 0.25) is 5.95 Å². The number of para-hydroxylation sites is 3. The Morgan fingerprint density at radius 3 is 2.44 bits per heavy atom. The van der Waals surface area contributed by atoms with Crippen molar-refractivity contribution in [2.75, 3.05) is 12.4 Å². The van der Waals surface area contributed by atoms with Gasteiger partial charge < -0.3 is 10.1 Å². The molecule has 1 atom stereocenters. The maximum Gasteiger partial charge on any atom is 0.210 e. The molecule has 0 aliphatic carbocycles. The van der Waals surface area contributed by atoms with Gasteiger partial charge in [-0.05, 0) is 55.3 Å². The number of hydrogen-bond donors (Lipinski definition) is 1. The van der Waals surface area contributed by atoms with Gasteiger partial charge in [0.15, 0.2) is 0 Å². The van der Waals surface area contributed by atoms with E-state index >= 15 is 0 Å². The molecule has 2 aromatic heterocycles. The molecule has 3 aromatic carbocycles. The molecule has 3 heterocycles. The van der Waals surface area contributed by atoms with E-state index < -0.39 is 0 Å². The van der Waals surface area contributed by atoms with Crippen molar-refractivity contribution in [3.8, 4) is 11.4 Å². The van der Waals surface area contributed by atoms with E-state index in [9.17, 15) is 0 Å². The Kier molecular flexibility index (Phi) is 4.08. The van der Waals surface area contributed by atoms with Crippen LogP contribution < -0.4 is 10.1 Å². The van der Waals surface area contributed by atoms with Gasteiger partial charge in [-0.15, -0.1) is 0 Å². The van der Waals surface area contributed by atoms with Gasteiger partial charge in [0, 0.05) is 5.56 Å². The van der Waals surface area contributed by atoms with Crippen molar-refractivity contribution in [1.82, 2.24) is 19.3 Å². The van der Waals surface area contributed by atoms with Crippen molar-refractivity contribution >= 4 is 22.8 Å². The molecule has 1 aliphatic heterocycles. The van der Waals surface area contributed by atoms with Crippen LogP contribution in [0.25, 0.3) is 16.7 Å². The summed E-state index contributed by atoms with van der Waals surface area (Å²) in [5.74, 6) is 2.61. The number of imidazole rings is 1. The van der Waals surface area contributed by atoms with Gasteiger partial charge in [-0.3, -0.25) is 4.57 Å². The first-order valence-electron chi connectivity index (χ1n) is 10.7. The van der Waals surface area contributed by atoms with Gasteiger partial charge in [-0.1, -0.05) is 42.5 Å². The number of rotatable bonds is 3. The number of nitrogens with zero attached hydrogens (tertiary/aromatic N) is 4. The smallest absolute Gasteiger partial charge is 0.210 e. The molecule has 1 unspecified atom stereocenters. The highest BCUT2D eigenvalue weighted by Crippen LogP contribution is 2.44. The molecule has 1 aliphatic rings. The Labute approximate surface area is 186 Å². The second-order valence-corrected chi connectivity index (χ2v) is 8.14. The summed E-state index contributed by atoms with van der Waals surface area (Å²) < 4.78 is 9.69. The lowest BCUT2D eigenvalue weighted by molar-refractivity contribution is 0.414. The molecule has 6 heteroatoms. The molecule has 1 N–H and O–H groups in total. The van der Waals surface area contributed by atoms with Gasteiger partial charge in [0.25, 0.3) is 0 Å². The third-order valence-corrected chi connectivity index (χ3v) is 6.24. The third kappa shape index (κ3) is 2.66. The van der Waals surface area contributed by atoms with Crippen molar-refractivity contribution < 1.29 is 4.74 Å². The van der Waals surface area contributed by atoms with Crippen LogP contribution in [-0.4, -0.2) is 26.4 Å². The van der Waals surface area contributed by atoms with E-state index in [-0.39, 0.29) is 6.04 Å². The van der Waals surface area contributed by atoms with Crippen LogP contribution in [0.15, 0.2) is 72.8 Å². The fraction of sp³-hybridized carbons (Fsp3) is 0.154. The van der Waals surface area contributed by atoms with E-state index in [2.05, 4.69) is 72.3 Å². The molecular weight excluding hydrogens is 398 g/mol. The van der Waals surface area contributed by atoms with Crippen molar-refractivity contribution in [2.45, 2.75) is 19.9 Å². The van der Waals surface area contributed by atoms with Crippen LogP contribution in [0.5, 0.6) is 5.75 Å². The monoisotopic (exact) mass is 421 g/mol. The Bertz CT molecular complexity index is 1460. The minimum absolute atomic E-state index is 0.0580. The number of hydrogen-bond acceptors (Lipinski definition) is 4. The average Bonchev–Trinajstić information content (AvgIpc) is 3.35. The SMILES string of the molecule is COc1ccc(C2c3c(C)nn(-c4ccccc4C)c3Nc3nc4ccccc4n32)cc1. The zero-order valence-corrected chi connectivity index (χ0v) is 18.2. The quantitative estimate of drug-likeness (QED) is 0.407. The first-order chi connectivity index (χ1) is 15.7. The Morgan fingerprint density at radius 2 is 1.66 bits per heavy atom. The summed E-state index contributed by atoms with van der Waals surface area (Å²) in [5.41, 5.74) is 7.57. The molecule has 5 aromatic rings. The summed E-state index contributed by atoms with van der Waals surface area (Å²) in [5, 5.41) is 8.56. The fourth-order valence-corrected chi connectivity index (χ4v) is 4.69. The van der Waals surface area contributed by atoms with E-state index in [1.807, 2.05) is 28.9 Å². The lowest BCUT2D eigenvalue weighted by Crippen LogP contribution is -2.22. The van der Waals surface area contributed by atoms with Crippen molar-refractivity contribution in [3.05, 3.63) is 95.2 Å². The van der Waals surface area contributed by atoms with Crippen LogP contribution in [0.4, 0.5) is 11.8 Å². The highest BCUT2D eigenvalue weighted by atomic mass is 16.5. The van der Waals surface area contributed by atoms with Gasteiger partial charge in [0.1, 0.15) is 11.6 Å². The minimum atomic E-state index is -0.0580. The topological polar surface area (TPSA) is 56.9 Å². The minimum Gasteiger partial charge on any atom is -0.497 e. The molecule has 0 amide bonds. The number of anilines is 2. The molecule has 0 saturated carbocycles. The lowest BCUT2D eigenvalue weighted by atomic mass is 9.96. The zero-order chi connectivity index (χ0) is 21.8. The van der Waals surface area contributed by atoms with Gasteiger partial charge >= 0.3 is 0 Å². The number of fused-ring (bicyclic) bond motifs is 4. The molecule has 0 radical (unpaired) electrons. The van der Waals surface area contributed by atoms with Crippen LogP contribution in [-0.2, 0) is 0 Å². The average molecular weight is 422 g/mol. The van der Waals surface area contributed by atoms with E-state index in [4.69, 9.17) is 14.8 Å². The van der Waals surface area contributed by atoms with Crippen molar-refractivity contribution in [1.29, 1.82) is 0 Å². The maximum atomic E-state index is 5.40. The predicted molar refractivity (Wildman–Crippen MR) is 126 cm³/mol. The number of nitrogens with one attached hydrogen (secondary N) is 1. The first-order valence-corrected chi connectivity index (χ1v) is 10.7. The van der Waals surface area contributed by atoms with Gasteiger partial charge in [0.05, 0.1) is 35.6 Å². The van der Waals surface area contributed by atoms with E-state index in [0.717, 1.165) is 51.1 Å².